The van der Waals surface area contributed by atoms with Crippen LogP contribution in [-0.4, -0.2) is 48.1 Å². The van der Waals surface area contributed by atoms with Crippen molar-refractivity contribution in [1.82, 2.24) is 4.90 Å². The summed E-state index contributed by atoms with van der Waals surface area (Å²) < 4.78 is 5.31. The third kappa shape index (κ3) is 4.96. The zero-order chi connectivity index (χ0) is 17.5. The number of ether oxygens (including phenoxy) is 1. The first-order valence-electron chi connectivity index (χ1n) is 8.42. The van der Waals surface area contributed by atoms with Gasteiger partial charge in [0.05, 0.1) is 18.8 Å². The van der Waals surface area contributed by atoms with Gasteiger partial charge in [0.1, 0.15) is 5.75 Å². The number of carboxylic acids is 1. The molecule has 0 saturated carbocycles. The molecule has 1 saturated heterocycles. The van der Waals surface area contributed by atoms with E-state index in [0.29, 0.717) is 17.9 Å². The molecule has 132 valence electrons. The van der Waals surface area contributed by atoms with Crippen molar-refractivity contribution in [2.24, 2.45) is 0 Å². The Balaban J connectivity index is 1.93. The van der Waals surface area contributed by atoms with E-state index in [1.54, 1.807) is 7.11 Å². The lowest BCUT2D eigenvalue weighted by Gasteiger charge is -2.24. The van der Waals surface area contributed by atoms with Crippen LogP contribution in [-0.2, 0) is 9.59 Å². The Bertz CT molecular complexity index is 588. The lowest BCUT2D eigenvalue weighted by Crippen LogP contribution is -2.40. The van der Waals surface area contributed by atoms with Crippen LogP contribution in [0.3, 0.4) is 0 Å². The summed E-state index contributed by atoms with van der Waals surface area (Å²) in [5, 5.41) is 11.7. The number of aryl methyl sites for hydroxylation is 1. The predicted octanol–water partition coefficient (Wildman–Crippen LogP) is 2.66. The van der Waals surface area contributed by atoms with Gasteiger partial charge < -0.3 is 15.2 Å². The van der Waals surface area contributed by atoms with Crippen LogP contribution in [0, 0.1) is 6.92 Å². The number of anilines is 1. The number of carbonyl (C=O) groups is 2. The van der Waals surface area contributed by atoms with Crippen molar-refractivity contribution in [3.63, 3.8) is 0 Å². The molecule has 0 aromatic heterocycles. The van der Waals surface area contributed by atoms with Gasteiger partial charge in [-0.25, -0.2) is 0 Å². The molecule has 6 nitrogen and oxygen atoms in total. The standard InChI is InChI=1S/C18H26N2O4/c1-13-8-9-16(24-2)14(12-13)19-18(23)15-6-5-11-20(15)10-4-3-7-17(21)22/h8-9,12,15H,3-7,10-11H2,1-2H3,(H,19,23)(H,21,22). The number of likely N-dealkylation sites (tertiary alicyclic amines) is 1. The molecular weight excluding hydrogens is 308 g/mol. The van der Waals surface area contributed by atoms with E-state index >= 15 is 0 Å². The Morgan fingerprint density at radius 1 is 1.38 bits per heavy atom. The Morgan fingerprint density at radius 2 is 2.17 bits per heavy atom. The van der Waals surface area contributed by atoms with E-state index in [9.17, 15) is 9.59 Å². The first kappa shape index (κ1) is 18.3. The van der Waals surface area contributed by atoms with Crippen molar-refractivity contribution < 1.29 is 19.4 Å². The molecule has 2 N–H and O–H groups in total. The summed E-state index contributed by atoms with van der Waals surface area (Å²) in [6.45, 7) is 3.62. The van der Waals surface area contributed by atoms with E-state index in [2.05, 4.69) is 10.2 Å². The van der Waals surface area contributed by atoms with Crippen molar-refractivity contribution in [3.05, 3.63) is 23.8 Å². The first-order chi connectivity index (χ1) is 11.5. The number of amides is 1. The van der Waals surface area contributed by atoms with Gasteiger partial charge in [0.15, 0.2) is 0 Å². The number of hydrogen-bond acceptors (Lipinski definition) is 4. The number of rotatable bonds is 8. The maximum absolute atomic E-state index is 12.6. The number of nitrogens with zero attached hydrogens (tertiary/aromatic N) is 1. The summed E-state index contributed by atoms with van der Waals surface area (Å²) in [6.07, 6.45) is 3.45. The minimum Gasteiger partial charge on any atom is -0.495 e. The molecule has 1 fully saturated rings. The van der Waals surface area contributed by atoms with Crippen LogP contribution >= 0.6 is 0 Å². The number of benzene rings is 1. The Hall–Kier alpha value is -2.08. The van der Waals surface area contributed by atoms with E-state index in [1.807, 2.05) is 25.1 Å². The zero-order valence-electron chi connectivity index (χ0n) is 14.4. The average Bonchev–Trinajstić information content (AvgIpc) is 3.00. The average molecular weight is 334 g/mol. The molecule has 1 unspecified atom stereocenters. The van der Waals surface area contributed by atoms with Gasteiger partial charge in [-0.15, -0.1) is 0 Å². The fourth-order valence-electron chi connectivity index (χ4n) is 3.12. The lowest BCUT2D eigenvalue weighted by molar-refractivity contribution is -0.137. The third-order valence-electron chi connectivity index (χ3n) is 4.37. The van der Waals surface area contributed by atoms with Gasteiger partial charge in [0, 0.05) is 6.42 Å². The molecule has 1 aromatic carbocycles. The van der Waals surface area contributed by atoms with Crippen LogP contribution in [0.25, 0.3) is 0 Å². The molecule has 6 heteroatoms. The van der Waals surface area contributed by atoms with Gasteiger partial charge >= 0.3 is 5.97 Å². The van der Waals surface area contributed by atoms with Gasteiger partial charge in [-0.3, -0.25) is 14.5 Å². The smallest absolute Gasteiger partial charge is 0.303 e. The highest BCUT2D eigenvalue weighted by Gasteiger charge is 2.30. The van der Waals surface area contributed by atoms with Crippen LogP contribution in [0.5, 0.6) is 5.75 Å². The molecule has 0 bridgehead atoms. The molecule has 1 aromatic rings. The van der Waals surface area contributed by atoms with E-state index in [0.717, 1.165) is 37.9 Å². The van der Waals surface area contributed by atoms with Crippen LogP contribution in [0.15, 0.2) is 18.2 Å². The maximum atomic E-state index is 12.6. The number of unbranched alkanes of at least 4 members (excludes halogenated alkanes) is 1. The molecule has 2 rings (SSSR count). The second-order valence-electron chi connectivity index (χ2n) is 6.24. The number of carboxylic acid groups (broad SMARTS) is 1. The normalized spacial score (nSPS) is 17.7. The Morgan fingerprint density at radius 3 is 2.88 bits per heavy atom. The molecule has 1 amide bonds. The van der Waals surface area contributed by atoms with E-state index in [-0.39, 0.29) is 18.4 Å². The third-order valence-corrected chi connectivity index (χ3v) is 4.37. The monoisotopic (exact) mass is 334 g/mol. The second kappa shape index (κ2) is 8.68. The maximum Gasteiger partial charge on any atom is 0.303 e. The quantitative estimate of drug-likeness (QED) is 0.715. The summed E-state index contributed by atoms with van der Waals surface area (Å²) in [7, 11) is 1.59. The summed E-state index contributed by atoms with van der Waals surface area (Å²) in [4.78, 5) is 25.4. The molecule has 1 aliphatic heterocycles. The van der Waals surface area contributed by atoms with Crippen molar-refractivity contribution in [1.29, 1.82) is 0 Å². The Labute approximate surface area is 142 Å². The topological polar surface area (TPSA) is 78.9 Å². The number of methoxy groups -OCH3 is 1. The number of aliphatic carboxylic acids is 1. The Kier molecular flexibility index (Phi) is 6.61. The second-order valence-corrected chi connectivity index (χ2v) is 6.24. The predicted molar refractivity (Wildman–Crippen MR) is 92.4 cm³/mol. The highest BCUT2D eigenvalue weighted by molar-refractivity contribution is 5.96. The first-order valence-corrected chi connectivity index (χ1v) is 8.42. The van der Waals surface area contributed by atoms with Crippen molar-refractivity contribution in [2.75, 3.05) is 25.5 Å². The fraction of sp³-hybridized carbons (Fsp3) is 0.556. The molecule has 1 aliphatic rings. The highest BCUT2D eigenvalue weighted by Crippen LogP contribution is 2.27. The highest BCUT2D eigenvalue weighted by atomic mass is 16.5. The van der Waals surface area contributed by atoms with Crippen LogP contribution < -0.4 is 10.1 Å². The number of hydrogen-bond donors (Lipinski definition) is 2. The zero-order valence-corrected chi connectivity index (χ0v) is 14.4. The van der Waals surface area contributed by atoms with E-state index in [1.165, 1.54) is 0 Å². The molecule has 0 aliphatic carbocycles. The molecule has 1 heterocycles. The minimum absolute atomic E-state index is 0.0189. The largest absolute Gasteiger partial charge is 0.495 e. The fourth-order valence-corrected chi connectivity index (χ4v) is 3.12. The summed E-state index contributed by atoms with van der Waals surface area (Å²) in [5.41, 5.74) is 1.75. The minimum atomic E-state index is -0.766. The number of nitrogens with one attached hydrogen (secondary N) is 1. The number of carbonyl (C=O) groups excluding carboxylic acids is 1. The summed E-state index contributed by atoms with van der Waals surface area (Å²) >= 11 is 0. The van der Waals surface area contributed by atoms with Gasteiger partial charge in [-0.1, -0.05) is 6.07 Å². The van der Waals surface area contributed by atoms with Gasteiger partial charge in [0.2, 0.25) is 5.91 Å². The van der Waals surface area contributed by atoms with Crippen molar-refractivity contribution in [2.45, 2.75) is 45.1 Å². The SMILES string of the molecule is COc1ccc(C)cc1NC(=O)C1CCCN1CCCCC(=O)O. The van der Waals surface area contributed by atoms with Crippen LogP contribution in [0.1, 0.15) is 37.7 Å². The van der Waals surface area contributed by atoms with Crippen LogP contribution in [0.2, 0.25) is 0 Å². The van der Waals surface area contributed by atoms with E-state index < -0.39 is 5.97 Å². The molecule has 24 heavy (non-hydrogen) atoms. The summed E-state index contributed by atoms with van der Waals surface area (Å²) in [5.74, 6) is -0.133. The molecular formula is C18H26N2O4. The van der Waals surface area contributed by atoms with E-state index in [4.69, 9.17) is 9.84 Å². The van der Waals surface area contributed by atoms with Gasteiger partial charge in [0.25, 0.3) is 0 Å². The summed E-state index contributed by atoms with van der Waals surface area (Å²) in [6, 6.07) is 5.55. The van der Waals surface area contributed by atoms with Crippen LogP contribution in [0.4, 0.5) is 5.69 Å². The van der Waals surface area contributed by atoms with Crippen molar-refractivity contribution in [3.8, 4) is 5.75 Å². The van der Waals surface area contributed by atoms with Gasteiger partial charge in [-0.05, 0) is 63.4 Å². The molecule has 1 atom stereocenters. The molecule has 0 spiro atoms. The lowest BCUT2D eigenvalue weighted by atomic mass is 10.1. The molecule has 0 radical (unpaired) electrons. The van der Waals surface area contributed by atoms with Crippen molar-refractivity contribution >= 4 is 17.6 Å². The van der Waals surface area contributed by atoms with Gasteiger partial charge in [-0.2, -0.15) is 0 Å².